The molecule has 1 fully saturated rings. The molecule has 1 amide bonds. The number of carbonyl (C=O) groups is 2. The number of fused-ring (bicyclic) bond motifs is 1. The molecule has 3 aromatic carbocycles. The third-order valence-corrected chi connectivity index (χ3v) is 7.09. The van der Waals surface area contributed by atoms with Crippen LogP contribution in [0, 0.1) is 0 Å². The highest BCUT2D eigenvalue weighted by molar-refractivity contribution is 6.51. The summed E-state index contributed by atoms with van der Waals surface area (Å²) >= 11 is 0. The molecule has 0 spiro atoms. The van der Waals surface area contributed by atoms with Gasteiger partial charge in [-0.3, -0.25) is 14.5 Å². The van der Waals surface area contributed by atoms with Crippen molar-refractivity contribution in [3.63, 3.8) is 0 Å². The van der Waals surface area contributed by atoms with Crippen molar-refractivity contribution < 1.29 is 28.9 Å². The molecule has 4 aromatic rings. The summed E-state index contributed by atoms with van der Waals surface area (Å²) in [5, 5.41) is 11.8. The molecule has 40 heavy (non-hydrogen) atoms. The Morgan fingerprint density at radius 3 is 2.23 bits per heavy atom. The molecule has 5 rings (SSSR count). The van der Waals surface area contributed by atoms with Gasteiger partial charge in [0.05, 0.1) is 49.5 Å². The number of hydrogen-bond donors (Lipinski definition) is 2. The SMILES string of the molecule is COc1ccc(C2/C(=C(\O)c3cc(C(C)(C)C)ccc3OC)C(=O)C(=O)N2c2nc3ccccc3[nH]2)cc1OC. The molecule has 1 aromatic heterocycles. The molecule has 0 bridgehead atoms. The van der Waals surface area contributed by atoms with E-state index in [0.717, 1.165) is 5.56 Å². The minimum absolute atomic E-state index is 0.0953. The van der Waals surface area contributed by atoms with Gasteiger partial charge in [0.1, 0.15) is 11.5 Å². The van der Waals surface area contributed by atoms with Crippen molar-refractivity contribution in [1.82, 2.24) is 9.97 Å². The number of aliphatic hydroxyl groups excluding tert-OH is 1. The first-order valence-electron chi connectivity index (χ1n) is 12.8. The fourth-order valence-electron chi connectivity index (χ4n) is 4.95. The Morgan fingerprint density at radius 2 is 1.57 bits per heavy atom. The number of H-pyrrole nitrogens is 1. The van der Waals surface area contributed by atoms with Crippen molar-refractivity contribution in [2.75, 3.05) is 26.2 Å². The van der Waals surface area contributed by atoms with Crippen molar-refractivity contribution in [3.05, 3.63) is 82.9 Å². The summed E-state index contributed by atoms with van der Waals surface area (Å²) in [6, 6.07) is 16.8. The van der Waals surface area contributed by atoms with Crippen LogP contribution in [0.1, 0.15) is 43.5 Å². The number of hydrogen-bond acceptors (Lipinski definition) is 7. The van der Waals surface area contributed by atoms with E-state index in [2.05, 4.69) is 9.97 Å². The summed E-state index contributed by atoms with van der Waals surface area (Å²) in [6.45, 7) is 6.13. The number of nitrogens with zero attached hydrogens (tertiary/aromatic N) is 2. The number of anilines is 1. The largest absolute Gasteiger partial charge is 0.507 e. The van der Waals surface area contributed by atoms with E-state index in [4.69, 9.17) is 14.2 Å². The Labute approximate surface area is 232 Å². The second-order valence-electron chi connectivity index (χ2n) is 10.5. The van der Waals surface area contributed by atoms with E-state index in [1.54, 1.807) is 36.4 Å². The molecule has 1 unspecified atom stereocenters. The Hall–Kier alpha value is -4.79. The fraction of sp³-hybridized carbons (Fsp3) is 0.258. The highest BCUT2D eigenvalue weighted by atomic mass is 16.5. The van der Waals surface area contributed by atoms with Crippen molar-refractivity contribution in [2.24, 2.45) is 0 Å². The molecular weight excluding hydrogens is 510 g/mol. The first kappa shape index (κ1) is 26.8. The summed E-state index contributed by atoms with van der Waals surface area (Å²) in [4.78, 5) is 36.4. The first-order chi connectivity index (χ1) is 19.1. The highest BCUT2D eigenvalue weighted by Crippen LogP contribution is 2.45. The number of aromatic nitrogens is 2. The molecule has 206 valence electrons. The molecule has 0 aliphatic carbocycles. The second kappa shape index (κ2) is 10.1. The van der Waals surface area contributed by atoms with Crippen LogP contribution < -0.4 is 19.1 Å². The van der Waals surface area contributed by atoms with Crippen LogP contribution >= 0.6 is 0 Å². The lowest BCUT2D eigenvalue weighted by Gasteiger charge is -2.24. The van der Waals surface area contributed by atoms with Gasteiger partial charge in [-0.05, 0) is 52.9 Å². The standard InChI is InChI=1S/C31H31N3O6/c1-31(2,3)18-12-14-22(38-4)19(16-18)27(35)25-26(17-11-13-23(39-5)24(15-17)40-6)34(29(37)28(25)36)30-32-20-9-7-8-10-21(20)33-30/h7-16,26,35H,1-6H3,(H,32,33)/b27-25+. The topological polar surface area (TPSA) is 114 Å². The maximum absolute atomic E-state index is 13.7. The van der Waals surface area contributed by atoms with E-state index in [0.29, 0.717) is 39.4 Å². The monoisotopic (exact) mass is 541 g/mol. The normalized spacial score (nSPS) is 16.9. The lowest BCUT2D eigenvalue weighted by atomic mass is 9.85. The predicted octanol–water partition coefficient (Wildman–Crippen LogP) is 5.51. The van der Waals surface area contributed by atoms with Gasteiger partial charge in [-0.1, -0.05) is 45.0 Å². The average molecular weight is 542 g/mol. The Morgan fingerprint density at radius 1 is 0.900 bits per heavy atom. The maximum Gasteiger partial charge on any atom is 0.302 e. The number of amides is 1. The molecule has 9 heteroatoms. The molecule has 1 aliphatic heterocycles. The number of aliphatic hydroxyl groups is 1. The van der Waals surface area contributed by atoms with Gasteiger partial charge in [0.2, 0.25) is 5.95 Å². The van der Waals surface area contributed by atoms with Crippen molar-refractivity contribution in [2.45, 2.75) is 32.2 Å². The van der Waals surface area contributed by atoms with E-state index >= 15 is 0 Å². The third-order valence-electron chi connectivity index (χ3n) is 7.09. The van der Waals surface area contributed by atoms with Crippen LogP contribution in [0.3, 0.4) is 0 Å². The summed E-state index contributed by atoms with van der Waals surface area (Å²) in [5.41, 5.74) is 2.73. The van der Waals surface area contributed by atoms with E-state index in [9.17, 15) is 14.7 Å². The van der Waals surface area contributed by atoms with Crippen LogP contribution in [0.4, 0.5) is 5.95 Å². The lowest BCUT2D eigenvalue weighted by Crippen LogP contribution is -2.30. The van der Waals surface area contributed by atoms with Crippen LogP contribution in [0.15, 0.2) is 66.2 Å². The number of Topliss-reactive ketones (excluding diaryl/α,β-unsaturated/α-hetero) is 1. The third kappa shape index (κ3) is 4.43. The minimum atomic E-state index is -1.02. The van der Waals surface area contributed by atoms with Gasteiger partial charge in [0.15, 0.2) is 11.5 Å². The van der Waals surface area contributed by atoms with Gasteiger partial charge in [0, 0.05) is 0 Å². The summed E-state index contributed by atoms with van der Waals surface area (Å²) in [5.74, 6) is -0.593. The van der Waals surface area contributed by atoms with Gasteiger partial charge in [-0.15, -0.1) is 0 Å². The smallest absolute Gasteiger partial charge is 0.302 e. The molecular formula is C31H31N3O6. The Bertz CT molecular complexity index is 1630. The molecule has 1 saturated heterocycles. The first-order valence-corrected chi connectivity index (χ1v) is 12.8. The molecule has 2 heterocycles. The van der Waals surface area contributed by atoms with Gasteiger partial charge in [-0.25, -0.2) is 4.98 Å². The zero-order valence-corrected chi connectivity index (χ0v) is 23.2. The number of ether oxygens (including phenoxy) is 3. The lowest BCUT2D eigenvalue weighted by molar-refractivity contribution is -0.132. The fourth-order valence-corrected chi connectivity index (χ4v) is 4.95. The number of para-hydroxylation sites is 2. The van der Waals surface area contributed by atoms with E-state index in [1.807, 2.05) is 45.0 Å². The van der Waals surface area contributed by atoms with Crippen molar-refractivity contribution >= 4 is 34.4 Å². The summed E-state index contributed by atoms with van der Waals surface area (Å²) in [6.07, 6.45) is 0. The number of ketones is 1. The number of methoxy groups -OCH3 is 3. The second-order valence-corrected chi connectivity index (χ2v) is 10.5. The molecule has 0 saturated carbocycles. The van der Waals surface area contributed by atoms with Gasteiger partial charge < -0.3 is 24.3 Å². The van der Waals surface area contributed by atoms with Crippen LogP contribution in [0.2, 0.25) is 0 Å². The van der Waals surface area contributed by atoms with Gasteiger partial charge in [-0.2, -0.15) is 0 Å². The summed E-state index contributed by atoms with van der Waals surface area (Å²) in [7, 11) is 4.51. The zero-order valence-electron chi connectivity index (χ0n) is 23.2. The van der Waals surface area contributed by atoms with Gasteiger partial charge >= 0.3 is 5.91 Å². The number of imidazole rings is 1. The highest BCUT2D eigenvalue weighted by Gasteiger charge is 2.48. The predicted molar refractivity (Wildman–Crippen MR) is 152 cm³/mol. The number of aromatic amines is 1. The molecule has 9 nitrogen and oxygen atoms in total. The van der Waals surface area contributed by atoms with Crippen LogP contribution in [0.25, 0.3) is 16.8 Å². The Balaban J connectivity index is 1.79. The number of carbonyl (C=O) groups excluding carboxylic acids is 2. The number of benzene rings is 3. The molecule has 1 atom stereocenters. The van der Waals surface area contributed by atoms with Crippen LogP contribution in [-0.2, 0) is 15.0 Å². The number of rotatable bonds is 6. The quantitative estimate of drug-likeness (QED) is 0.188. The van der Waals surface area contributed by atoms with E-state index in [-0.39, 0.29) is 22.7 Å². The number of nitrogens with one attached hydrogen (secondary N) is 1. The van der Waals surface area contributed by atoms with Crippen LogP contribution in [0.5, 0.6) is 17.2 Å². The maximum atomic E-state index is 13.7. The minimum Gasteiger partial charge on any atom is -0.507 e. The van der Waals surface area contributed by atoms with Crippen molar-refractivity contribution in [1.29, 1.82) is 0 Å². The molecule has 2 N–H and O–H groups in total. The van der Waals surface area contributed by atoms with Gasteiger partial charge in [0.25, 0.3) is 5.78 Å². The zero-order chi connectivity index (χ0) is 28.8. The van der Waals surface area contributed by atoms with E-state index in [1.165, 1.54) is 26.2 Å². The molecule has 1 aliphatic rings. The van der Waals surface area contributed by atoms with E-state index < -0.39 is 17.7 Å². The Kier molecular flexibility index (Phi) is 6.75. The average Bonchev–Trinajstić information content (AvgIpc) is 3.49. The molecule has 0 radical (unpaired) electrons. The van der Waals surface area contributed by atoms with Crippen LogP contribution in [-0.4, -0.2) is 48.1 Å². The summed E-state index contributed by atoms with van der Waals surface area (Å²) < 4.78 is 16.5. The van der Waals surface area contributed by atoms with Crippen molar-refractivity contribution in [3.8, 4) is 17.2 Å².